The maximum atomic E-state index is 9.15. The Labute approximate surface area is 113 Å². The van der Waals surface area contributed by atoms with Crippen LogP contribution >= 0.6 is 15.9 Å². The second-order valence-corrected chi connectivity index (χ2v) is 5.59. The zero-order valence-corrected chi connectivity index (χ0v) is 12.2. The predicted molar refractivity (Wildman–Crippen MR) is 76.2 cm³/mol. The van der Waals surface area contributed by atoms with Gasteiger partial charge in [0.1, 0.15) is 0 Å². The van der Waals surface area contributed by atoms with Gasteiger partial charge in [-0.1, -0.05) is 28.1 Å². The molecule has 0 amide bonds. The van der Waals surface area contributed by atoms with Crippen LogP contribution in [0.25, 0.3) is 0 Å². The molecule has 1 rings (SSSR count). The molecule has 0 saturated heterocycles. The van der Waals surface area contributed by atoms with Crippen molar-refractivity contribution in [2.24, 2.45) is 0 Å². The van der Waals surface area contributed by atoms with E-state index in [1.165, 1.54) is 5.56 Å². The minimum absolute atomic E-state index is 0.182. The molecule has 96 valence electrons. The van der Waals surface area contributed by atoms with Crippen LogP contribution in [0, 0.1) is 0 Å². The SMILES string of the molecule is CC(O)CCCNC(C)Cc1ccc(Br)cc1. The fourth-order valence-electron chi connectivity index (χ4n) is 1.79. The Bertz CT molecular complexity index is 311. The first-order valence-electron chi connectivity index (χ1n) is 6.24. The molecule has 0 heterocycles. The third kappa shape index (κ3) is 6.81. The molecule has 1 aromatic carbocycles. The number of halogens is 1. The minimum Gasteiger partial charge on any atom is -0.393 e. The van der Waals surface area contributed by atoms with Gasteiger partial charge in [-0.2, -0.15) is 0 Å². The van der Waals surface area contributed by atoms with Gasteiger partial charge in [0.05, 0.1) is 6.10 Å². The van der Waals surface area contributed by atoms with Crippen LogP contribution in [0.3, 0.4) is 0 Å². The van der Waals surface area contributed by atoms with Gasteiger partial charge in [0.15, 0.2) is 0 Å². The molecule has 2 nitrogen and oxygen atoms in total. The second kappa shape index (κ2) is 7.85. The van der Waals surface area contributed by atoms with Crippen LogP contribution in [0.2, 0.25) is 0 Å². The van der Waals surface area contributed by atoms with Gasteiger partial charge < -0.3 is 10.4 Å². The van der Waals surface area contributed by atoms with Crippen molar-refractivity contribution in [1.82, 2.24) is 5.32 Å². The number of nitrogens with one attached hydrogen (secondary N) is 1. The van der Waals surface area contributed by atoms with E-state index >= 15 is 0 Å². The van der Waals surface area contributed by atoms with Crippen LogP contribution in [-0.4, -0.2) is 23.8 Å². The highest BCUT2D eigenvalue weighted by Crippen LogP contribution is 2.11. The highest BCUT2D eigenvalue weighted by molar-refractivity contribution is 9.10. The van der Waals surface area contributed by atoms with E-state index < -0.39 is 0 Å². The van der Waals surface area contributed by atoms with Gasteiger partial charge in [-0.05, 0) is 57.4 Å². The van der Waals surface area contributed by atoms with Crippen molar-refractivity contribution in [1.29, 1.82) is 0 Å². The lowest BCUT2D eigenvalue weighted by atomic mass is 10.1. The zero-order valence-electron chi connectivity index (χ0n) is 10.6. The molecule has 3 heteroatoms. The molecule has 2 N–H and O–H groups in total. The van der Waals surface area contributed by atoms with Crippen LogP contribution in [0.15, 0.2) is 28.7 Å². The summed E-state index contributed by atoms with van der Waals surface area (Å²) in [6, 6.07) is 8.94. The Morgan fingerprint density at radius 2 is 1.88 bits per heavy atom. The van der Waals surface area contributed by atoms with E-state index in [1.807, 2.05) is 6.92 Å². The lowest BCUT2D eigenvalue weighted by Crippen LogP contribution is -2.29. The van der Waals surface area contributed by atoms with Crippen LogP contribution in [0.5, 0.6) is 0 Å². The largest absolute Gasteiger partial charge is 0.393 e. The van der Waals surface area contributed by atoms with Crippen LogP contribution in [0.1, 0.15) is 32.3 Å². The van der Waals surface area contributed by atoms with E-state index in [1.54, 1.807) is 0 Å². The Morgan fingerprint density at radius 1 is 1.24 bits per heavy atom. The first-order valence-corrected chi connectivity index (χ1v) is 7.03. The maximum Gasteiger partial charge on any atom is 0.0512 e. The summed E-state index contributed by atoms with van der Waals surface area (Å²) in [5.74, 6) is 0. The van der Waals surface area contributed by atoms with E-state index in [0.29, 0.717) is 6.04 Å². The van der Waals surface area contributed by atoms with E-state index in [2.05, 4.69) is 52.4 Å². The van der Waals surface area contributed by atoms with E-state index in [0.717, 1.165) is 30.3 Å². The molecule has 0 saturated carbocycles. The molecule has 17 heavy (non-hydrogen) atoms. The molecule has 2 atom stereocenters. The molecule has 0 radical (unpaired) electrons. The molecule has 0 bridgehead atoms. The summed E-state index contributed by atoms with van der Waals surface area (Å²) in [7, 11) is 0. The number of rotatable bonds is 7. The lowest BCUT2D eigenvalue weighted by Gasteiger charge is -2.14. The standard InChI is InChI=1S/C14H22BrNO/c1-11(16-9-3-4-12(2)17)10-13-5-7-14(15)8-6-13/h5-8,11-12,16-17H,3-4,9-10H2,1-2H3. The number of benzene rings is 1. The smallest absolute Gasteiger partial charge is 0.0512 e. The summed E-state index contributed by atoms with van der Waals surface area (Å²) in [5.41, 5.74) is 1.35. The summed E-state index contributed by atoms with van der Waals surface area (Å²) in [6.45, 7) is 5.01. The molecule has 1 aromatic rings. The molecule has 0 aliphatic carbocycles. The first-order chi connectivity index (χ1) is 8.08. The molecular weight excluding hydrogens is 278 g/mol. The van der Waals surface area contributed by atoms with Crippen LogP contribution in [-0.2, 0) is 6.42 Å². The Morgan fingerprint density at radius 3 is 2.47 bits per heavy atom. The lowest BCUT2D eigenvalue weighted by molar-refractivity contribution is 0.181. The topological polar surface area (TPSA) is 32.3 Å². The normalized spacial score (nSPS) is 14.6. The van der Waals surface area contributed by atoms with Crippen molar-refractivity contribution in [3.63, 3.8) is 0 Å². The first kappa shape index (κ1) is 14.7. The number of aliphatic hydroxyl groups is 1. The summed E-state index contributed by atoms with van der Waals surface area (Å²) in [5, 5.41) is 12.6. The second-order valence-electron chi connectivity index (χ2n) is 4.68. The van der Waals surface area contributed by atoms with Gasteiger partial charge in [-0.15, -0.1) is 0 Å². The van der Waals surface area contributed by atoms with Gasteiger partial charge in [0.25, 0.3) is 0 Å². The van der Waals surface area contributed by atoms with Crippen molar-refractivity contribution in [3.8, 4) is 0 Å². The maximum absolute atomic E-state index is 9.15. The molecule has 0 aromatic heterocycles. The summed E-state index contributed by atoms with van der Waals surface area (Å²) >= 11 is 3.44. The quantitative estimate of drug-likeness (QED) is 0.758. The van der Waals surface area contributed by atoms with Crippen molar-refractivity contribution in [3.05, 3.63) is 34.3 Å². The Balaban J connectivity index is 2.20. The Kier molecular flexibility index (Phi) is 6.78. The number of hydrogen-bond donors (Lipinski definition) is 2. The van der Waals surface area contributed by atoms with Crippen LogP contribution in [0.4, 0.5) is 0 Å². The fourth-order valence-corrected chi connectivity index (χ4v) is 2.06. The van der Waals surface area contributed by atoms with Crippen molar-refractivity contribution >= 4 is 15.9 Å². The predicted octanol–water partition coefficient (Wildman–Crippen LogP) is 3.13. The van der Waals surface area contributed by atoms with Crippen molar-refractivity contribution in [2.75, 3.05) is 6.54 Å². The third-order valence-electron chi connectivity index (χ3n) is 2.75. The molecule has 0 aliphatic rings. The van der Waals surface area contributed by atoms with Gasteiger partial charge >= 0.3 is 0 Å². The van der Waals surface area contributed by atoms with Crippen molar-refractivity contribution < 1.29 is 5.11 Å². The van der Waals surface area contributed by atoms with Crippen LogP contribution < -0.4 is 5.32 Å². The summed E-state index contributed by atoms with van der Waals surface area (Å²) in [6.07, 6.45) is 2.76. The molecular formula is C14H22BrNO. The van der Waals surface area contributed by atoms with E-state index in [-0.39, 0.29) is 6.10 Å². The monoisotopic (exact) mass is 299 g/mol. The molecule has 0 aliphatic heterocycles. The minimum atomic E-state index is -0.182. The molecule has 2 unspecified atom stereocenters. The number of hydrogen-bond acceptors (Lipinski definition) is 2. The average Bonchev–Trinajstić information content (AvgIpc) is 2.27. The highest BCUT2D eigenvalue weighted by Gasteiger charge is 2.03. The molecule has 0 spiro atoms. The van der Waals surface area contributed by atoms with E-state index in [9.17, 15) is 0 Å². The van der Waals surface area contributed by atoms with Gasteiger partial charge in [0, 0.05) is 10.5 Å². The number of aliphatic hydroxyl groups excluding tert-OH is 1. The third-order valence-corrected chi connectivity index (χ3v) is 3.28. The summed E-state index contributed by atoms with van der Waals surface area (Å²) in [4.78, 5) is 0. The van der Waals surface area contributed by atoms with Crippen molar-refractivity contribution in [2.45, 2.75) is 45.3 Å². The fraction of sp³-hybridized carbons (Fsp3) is 0.571. The van der Waals surface area contributed by atoms with E-state index in [4.69, 9.17) is 5.11 Å². The summed E-state index contributed by atoms with van der Waals surface area (Å²) < 4.78 is 1.12. The molecule has 0 fully saturated rings. The van der Waals surface area contributed by atoms with Gasteiger partial charge in [-0.3, -0.25) is 0 Å². The average molecular weight is 300 g/mol. The Hall–Kier alpha value is -0.380. The zero-order chi connectivity index (χ0) is 12.7. The van der Waals surface area contributed by atoms with Gasteiger partial charge in [-0.25, -0.2) is 0 Å². The highest BCUT2D eigenvalue weighted by atomic mass is 79.9. The van der Waals surface area contributed by atoms with Gasteiger partial charge in [0.2, 0.25) is 0 Å².